The van der Waals surface area contributed by atoms with Gasteiger partial charge in [0.1, 0.15) is 0 Å². The molecule has 0 saturated carbocycles. The van der Waals surface area contributed by atoms with E-state index in [0.717, 1.165) is 0 Å². The lowest BCUT2D eigenvalue weighted by Gasteiger charge is -2.23. The highest BCUT2D eigenvalue weighted by atomic mass is 32.2. The second-order valence-corrected chi connectivity index (χ2v) is 7.63. The lowest BCUT2D eigenvalue weighted by Crippen LogP contribution is -2.26. The van der Waals surface area contributed by atoms with Crippen LogP contribution in [0.5, 0.6) is 0 Å². The summed E-state index contributed by atoms with van der Waals surface area (Å²) in [5.41, 5.74) is -0.960. The zero-order valence-electron chi connectivity index (χ0n) is 10.1. The van der Waals surface area contributed by atoms with E-state index in [2.05, 4.69) is 6.07 Å². The first kappa shape index (κ1) is 13.5. The van der Waals surface area contributed by atoms with E-state index in [9.17, 15) is 8.42 Å². The molecule has 1 aliphatic heterocycles. The first-order chi connectivity index (χ1) is 7.18. The lowest BCUT2D eigenvalue weighted by atomic mass is 9.86. The van der Waals surface area contributed by atoms with E-state index in [0.29, 0.717) is 19.4 Å². The Morgan fingerprint density at radius 1 is 1.44 bits per heavy atom. The minimum Gasteiger partial charge on any atom is -0.376 e. The third-order valence-corrected chi connectivity index (χ3v) is 4.56. The maximum absolute atomic E-state index is 11.4. The normalized spacial score (nSPS) is 28.9. The second kappa shape index (κ2) is 4.34. The summed E-state index contributed by atoms with van der Waals surface area (Å²) < 4.78 is 28.3. The van der Waals surface area contributed by atoms with Gasteiger partial charge in [0, 0.05) is 6.61 Å². The van der Waals surface area contributed by atoms with Gasteiger partial charge in [0.15, 0.2) is 9.84 Å². The Bertz CT molecular complexity index is 388. The fourth-order valence-corrected chi connectivity index (χ4v) is 3.85. The number of nitrogens with zero attached hydrogens (tertiary/aromatic N) is 1. The van der Waals surface area contributed by atoms with Gasteiger partial charge < -0.3 is 4.74 Å². The van der Waals surface area contributed by atoms with Crippen LogP contribution in [0.1, 0.15) is 33.6 Å². The zero-order valence-corrected chi connectivity index (χ0v) is 10.9. The number of hydrogen-bond donors (Lipinski definition) is 0. The minimum atomic E-state index is -3.01. The van der Waals surface area contributed by atoms with E-state index in [1.807, 2.05) is 20.8 Å². The van der Waals surface area contributed by atoms with Gasteiger partial charge in [-0.25, -0.2) is 8.42 Å². The highest BCUT2D eigenvalue weighted by Gasteiger charge is 2.42. The van der Waals surface area contributed by atoms with Crippen molar-refractivity contribution in [1.29, 1.82) is 5.26 Å². The molecule has 0 radical (unpaired) electrons. The van der Waals surface area contributed by atoms with Crippen molar-refractivity contribution in [2.24, 2.45) is 5.41 Å². The fraction of sp³-hybridized carbons (Fsp3) is 0.909. The van der Waals surface area contributed by atoms with Crippen LogP contribution in [-0.2, 0) is 14.6 Å². The monoisotopic (exact) mass is 245 g/mol. The number of ether oxygens (including phenoxy) is 1. The molecule has 1 saturated heterocycles. The van der Waals surface area contributed by atoms with Crippen LogP contribution in [0.15, 0.2) is 0 Å². The predicted molar refractivity (Wildman–Crippen MR) is 61.6 cm³/mol. The second-order valence-electron chi connectivity index (χ2n) is 5.44. The first-order valence-electron chi connectivity index (χ1n) is 5.44. The number of nitriles is 1. The van der Waals surface area contributed by atoms with Crippen molar-refractivity contribution in [3.8, 4) is 6.07 Å². The first-order valence-corrected chi connectivity index (χ1v) is 7.26. The van der Waals surface area contributed by atoms with Crippen molar-refractivity contribution in [3.05, 3.63) is 0 Å². The van der Waals surface area contributed by atoms with Crippen molar-refractivity contribution in [1.82, 2.24) is 0 Å². The molecule has 0 aliphatic carbocycles. The lowest BCUT2D eigenvalue weighted by molar-refractivity contribution is -0.0121. The SMILES string of the molecule is CC(C)(C)OCCC1(C#N)CCS(=O)(=O)C1. The summed E-state index contributed by atoms with van der Waals surface area (Å²) in [7, 11) is -3.01. The molecule has 92 valence electrons. The Hall–Kier alpha value is -0.600. The molecule has 1 aliphatic rings. The smallest absolute Gasteiger partial charge is 0.151 e. The van der Waals surface area contributed by atoms with Gasteiger partial charge >= 0.3 is 0 Å². The zero-order chi connectivity index (χ0) is 12.4. The van der Waals surface area contributed by atoms with Crippen LogP contribution < -0.4 is 0 Å². The number of sulfone groups is 1. The van der Waals surface area contributed by atoms with Crippen LogP contribution >= 0.6 is 0 Å². The summed E-state index contributed by atoms with van der Waals surface area (Å²) in [6, 6.07) is 2.16. The molecule has 16 heavy (non-hydrogen) atoms. The molecule has 0 spiro atoms. The molecular weight excluding hydrogens is 226 g/mol. The molecule has 0 bridgehead atoms. The molecule has 1 unspecified atom stereocenters. The third-order valence-electron chi connectivity index (χ3n) is 2.74. The average molecular weight is 245 g/mol. The molecular formula is C11H19NO3S. The van der Waals surface area contributed by atoms with E-state index in [4.69, 9.17) is 10.00 Å². The summed E-state index contributed by atoms with van der Waals surface area (Å²) in [6.45, 7) is 6.26. The molecule has 1 heterocycles. The van der Waals surface area contributed by atoms with E-state index >= 15 is 0 Å². The van der Waals surface area contributed by atoms with Crippen molar-refractivity contribution in [2.45, 2.75) is 39.2 Å². The maximum atomic E-state index is 11.4. The summed E-state index contributed by atoms with van der Waals surface area (Å²) in [5, 5.41) is 9.11. The van der Waals surface area contributed by atoms with Gasteiger partial charge in [0.2, 0.25) is 0 Å². The van der Waals surface area contributed by atoms with Crippen LogP contribution in [0.2, 0.25) is 0 Å². The molecule has 0 aromatic carbocycles. The Labute approximate surface area is 97.5 Å². The Morgan fingerprint density at radius 2 is 2.06 bits per heavy atom. The quantitative estimate of drug-likeness (QED) is 0.756. The molecule has 0 amide bonds. The standard InChI is InChI=1S/C11H19NO3S/c1-10(2,3)15-6-4-11(8-12)5-7-16(13,14)9-11/h4-7,9H2,1-3H3. The summed E-state index contributed by atoms with van der Waals surface area (Å²) in [6.07, 6.45) is 0.944. The van der Waals surface area contributed by atoms with Crippen molar-refractivity contribution >= 4 is 9.84 Å². The van der Waals surface area contributed by atoms with E-state index in [1.165, 1.54) is 0 Å². The van der Waals surface area contributed by atoms with Gasteiger partial charge in [-0.05, 0) is 33.6 Å². The van der Waals surface area contributed by atoms with Crippen molar-refractivity contribution in [2.75, 3.05) is 18.1 Å². The molecule has 5 heteroatoms. The highest BCUT2D eigenvalue weighted by molar-refractivity contribution is 7.91. The Balaban J connectivity index is 2.55. The van der Waals surface area contributed by atoms with Crippen molar-refractivity contribution in [3.63, 3.8) is 0 Å². The van der Waals surface area contributed by atoms with Gasteiger partial charge in [-0.15, -0.1) is 0 Å². The topological polar surface area (TPSA) is 67.2 Å². The van der Waals surface area contributed by atoms with Crippen LogP contribution in [0, 0.1) is 16.7 Å². The van der Waals surface area contributed by atoms with Gasteiger partial charge in [0.05, 0.1) is 28.6 Å². The van der Waals surface area contributed by atoms with Crippen LogP contribution in [0.25, 0.3) is 0 Å². The molecule has 0 N–H and O–H groups in total. The van der Waals surface area contributed by atoms with Gasteiger partial charge in [-0.1, -0.05) is 0 Å². The number of hydrogen-bond acceptors (Lipinski definition) is 4. The van der Waals surface area contributed by atoms with Gasteiger partial charge in [-0.3, -0.25) is 0 Å². The average Bonchev–Trinajstić information content (AvgIpc) is 2.41. The Morgan fingerprint density at radius 3 is 2.44 bits per heavy atom. The van der Waals surface area contributed by atoms with Crippen LogP contribution in [0.3, 0.4) is 0 Å². The predicted octanol–water partition coefficient (Wildman–Crippen LogP) is 1.52. The van der Waals surface area contributed by atoms with Gasteiger partial charge in [0.25, 0.3) is 0 Å². The third kappa shape index (κ3) is 3.76. The maximum Gasteiger partial charge on any atom is 0.151 e. The fourth-order valence-electron chi connectivity index (χ4n) is 1.81. The molecule has 1 atom stereocenters. The van der Waals surface area contributed by atoms with Gasteiger partial charge in [-0.2, -0.15) is 5.26 Å². The van der Waals surface area contributed by atoms with Crippen LogP contribution in [0.4, 0.5) is 0 Å². The summed E-state index contributed by atoms with van der Waals surface area (Å²) in [5.74, 6) is 0.125. The number of rotatable bonds is 3. The van der Waals surface area contributed by atoms with E-state index in [1.54, 1.807) is 0 Å². The minimum absolute atomic E-state index is 0.00992. The molecule has 1 fully saturated rings. The van der Waals surface area contributed by atoms with E-state index < -0.39 is 15.3 Å². The summed E-state index contributed by atoms with van der Waals surface area (Å²) in [4.78, 5) is 0. The molecule has 4 nitrogen and oxygen atoms in total. The van der Waals surface area contributed by atoms with Crippen molar-refractivity contribution < 1.29 is 13.2 Å². The molecule has 0 aromatic heterocycles. The highest BCUT2D eigenvalue weighted by Crippen LogP contribution is 2.35. The molecule has 0 aromatic rings. The molecule has 1 rings (SSSR count). The summed E-state index contributed by atoms with van der Waals surface area (Å²) >= 11 is 0. The largest absolute Gasteiger partial charge is 0.376 e. The van der Waals surface area contributed by atoms with Crippen LogP contribution in [-0.4, -0.2) is 32.1 Å². The van der Waals surface area contributed by atoms with E-state index in [-0.39, 0.29) is 17.1 Å². The Kier molecular flexibility index (Phi) is 3.65.